The van der Waals surface area contributed by atoms with Gasteiger partial charge in [-0.15, -0.1) is 0 Å². The fraction of sp³-hybridized carbons (Fsp3) is 0.600. The summed E-state index contributed by atoms with van der Waals surface area (Å²) in [6.45, 7) is -0.340. The van der Waals surface area contributed by atoms with Gasteiger partial charge >= 0.3 is 29.9 Å². The molecule has 0 aromatic rings. The Morgan fingerprint density at radius 2 is 1.23 bits per heavy atom. The Hall–Kier alpha value is -4.13. The lowest BCUT2D eigenvalue weighted by molar-refractivity contribution is -0.141. The fourth-order valence-electron chi connectivity index (χ4n) is 2.79. The molecule has 19 heteroatoms. The predicted molar refractivity (Wildman–Crippen MR) is 133 cm³/mol. The van der Waals surface area contributed by atoms with Crippen LogP contribution in [-0.2, 0) is 33.6 Å². The first-order valence-electron chi connectivity index (χ1n) is 11.3. The van der Waals surface area contributed by atoms with Crippen molar-refractivity contribution >= 4 is 60.3 Å². The Labute approximate surface area is 226 Å². The van der Waals surface area contributed by atoms with Crippen LogP contribution in [0.3, 0.4) is 0 Å². The number of nitrogens with two attached hydrogens (primary N) is 1. The molecule has 0 radical (unpaired) electrons. The summed E-state index contributed by atoms with van der Waals surface area (Å²) in [5.74, 6) is -7.97. The molecule has 0 aromatic heterocycles. The van der Waals surface area contributed by atoms with Crippen molar-refractivity contribution in [2.24, 2.45) is 5.73 Å². The number of nitrogens with one attached hydrogen (secondary N) is 5. The quantitative estimate of drug-likeness (QED) is 0.0656. The molecule has 4 unspecified atom stereocenters. The first-order chi connectivity index (χ1) is 18.2. The van der Waals surface area contributed by atoms with Crippen LogP contribution in [0.25, 0.3) is 0 Å². The molecule has 0 aliphatic carbocycles. The van der Waals surface area contributed by atoms with E-state index in [4.69, 9.17) is 21.1 Å². The molecule has 39 heavy (non-hydrogen) atoms. The van der Waals surface area contributed by atoms with Gasteiger partial charge in [0.2, 0.25) is 17.7 Å². The third-order valence-corrected chi connectivity index (χ3v) is 5.02. The summed E-state index contributed by atoms with van der Waals surface area (Å²) >= 11 is 3.90. The van der Waals surface area contributed by atoms with E-state index in [2.05, 4.69) is 28.6 Å². The predicted octanol–water partition coefficient (Wildman–Crippen LogP) is -3.71. The van der Waals surface area contributed by atoms with Gasteiger partial charge in [0.25, 0.3) is 0 Å². The first kappa shape index (κ1) is 34.9. The van der Waals surface area contributed by atoms with Crippen molar-refractivity contribution in [3.63, 3.8) is 0 Å². The van der Waals surface area contributed by atoms with Crippen molar-refractivity contribution in [3.8, 4) is 0 Å². The zero-order valence-corrected chi connectivity index (χ0v) is 21.4. The third-order valence-electron chi connectivity index (χ3n) is 4.79. The van der Waals surface area contributed by atoms with E-state index in [1.807, 2.05) is 10.6 Å². The smallest absolute Gasteiger partial charge is 0.326 e. The van der Waals surface area contributed by atoms with Gasteiger partial charge in [-0.2, -0.15) is 12.6 Å². The van der Waals surface area contributed by atoms with Gasteiger partial charge in [-0.05, 0) is 12.8 Å². The Morgan fingerprint density at radius 1 is 0.692 bits per heavy atom. The molecule has 0 saturated heterocycles. The summed E-state index contributed by atoms with van der Waals surface area (Å²) in [5.41, 5.74) is 5.67. The SMILES string of the molecule is NC(CNC(=O)CCC(NC(=O)NC(CCC(=O)O)C(=O)O)C(=O)O)C(=O)NC(CC(=O)O)C(=O)NCCS. The number of amides is 5. The molecule has 0 aromatic carbocycles. The standard InChI is InChI=1S/C20H32N6O12S/c21-9(16(32)24-12(7-15(30)31)17(33)22-5-6-39)8-23-13(27)3-1-10(18(34)35)25-20(38)26-11(19(36)37)2-4-14(28)29/h9-12,39H,1-8,21H2,(H,22,33)(H,23,27)(H,24,32)(H,28,29)(H,30,31)(H,34,35)(H,36,37)(H2,25,26,38). The van der Waals surface area contributed by atoms with Crippen LogP contribution in [0.5, 0.6) is 0 Å². The molecular weight excluding hydrogens is 548 g/mol. The highest BCUT2D eigenvalue weighted by Crippen LogP contribution is 2.01. The number of carboxylic acid groups (broad SMARTS) is 4. The molecule has 0 fully saturated rings. The van der Waals surface area contributed by atoms with Crippen molar-refractivity contribution in [2.45, 2.75) is 56.3 Å². The van der Waals surface area contributed by atoms with Crippen LogP contribution in [0.1, 0.15) is 32.1 Å². The van der Waals surface area contributed by atoms with Crippen LogP contribution in [0, 0.1) is 0 Å². The Balaban J connectivity index is 4.81. The van der Waals surface area contributed by atoms with Gasteiger partial charge in [0, 0.05) is 31.7 Å². The van der Waals surface area contributed by atoms with Crippen molar-refractivity contribution in [1.29, 1.82) is 0 Å². The zero-order valence-electron chi connectivity index (χ0n) is 20.5. The number of carbonyl (C=O) groups is 8. The summed E-state index contributed by atoms with van der Waals surface area (Å²) in [5, 5.41) is 46.6. The number of rotatable bonds is 19. The van der Waals surface area contributed by atoms with E-state index in [-0.39, 0.29) is 12.3 Å². The van der Waals surface area contributed by atoms with E-state index < -0.39 is 110 Å². The van der Waals surface area contributed by atoms with E-state index in [9.17, 15) is 43.5 Å². The number of hydrogen-bond acceptors (Lipinski definition) is 10. The molecule has 0 heterocycles. The first-order valence-corrected chi connectivity index (χ1v) is 12.0. The van der Waals surface area contributed by atoms with Gasteiger partial charge in [0.15, 0.2) is 0 Å². The summed E-state index contributed by atoms with van der Waals surface area (Å²) in [6, 6.07) is -7.28. The molecule has 4 atom stereocenters. The third kappa shape index (κ3) is 15.7. The number of urea groups is 1. The second-order valence-electron chi connectivity index (χ2n) is 7.95. The summed E-state index contributed by atoms with van der Waals surface area (Å²) in [6.07, 6.45) is -2.67. The van der Waals surface area contributed by atoms with Crippen LogP contribution in [0.15, 0.2) is 0 Å². The number of carbonyl (C=O) groups excluding carboxylic acids is 4. The van der Waals surface area contributed by atoms with Crippen LogP contribution >= 0.6 is 12.6 Å². The minimum absolute atomic E-state index is 0.120. The maximum absolute atomic E-state index is 12.2. The molecule has 0 bridgehead atoms. The lowest BCUT2D eigenvalue weighted by Gasteiger charge is -2.20. The second kappa shape index (κ2) is 18.2. The molecule has 11 N–H and O–H groups in total. The van der Waals surface area contributed by atoms with E-state index in [1.165, 1.54) is 0 Å². The number of thiol groups is 1. The molecule has 0 spiro atoms. The van der Waals surface area contributed by atoms with Gasteiger partial charge in [-0.1, -0.05) is 0 Å². The maximum Gasteiger partial charge on any atom is 0.326 e. The summed E-state index contributed by atoms with van der Waals surface area (Å²) in [7, 11) is 0. The molecule has 5 amide bonds. The Kier molecular flexibility index (Phi) is 16.3. The van der Waals surface area contributed by atoms with Crippen molar-refractivity contribution < 1.29 is 58.8 Å². The molecule has 220 valence electrons. The highest BCUT2D eigenvalue weighted by atomic mass is 32.1. The van der Waals surface area contributed by atoms with Crippen molar-refractivity contribution in [1.82, 2.24) is 26.6 Å². The minimum atomic E-state index is -1.63. The van der Waals surface area contributed by atoms with Gasteiger partial charge in [-0.25, -0.2) is 14.4 Å². The van der Waals surface area contributed by atoms with E-state index >= 15 is 0 Å². The van der Waals surface area contributed by atoms with Gasteiger partial charge in [0.1, 0.15) is 24.2 Å². The minimum Gasteiger partial charge on any atom is -0.481 e. The molecule has 0 aliphatic heterocycles. The van der Waals surface area contributed by atoms with Crippen molar-refractivity contribution in [2.75, 3.05) is 18.8 Å². The number of hydrogen-bond donors (Lipinski definition) is 11. The van der Waals surface area contributed by atoms with Crippen LogP contribution in [-0.4, -0.2) is 111 Å². The lowest BCUT2D eigenvalue weighted by atomic mass is 10.1. The summed E-state index contributed by atoms with van der Waals surface area (Å²) in [4.78, 5) is 92.5. The number of carboxylic acids is 4. The molecule has 0 rings (SSSR count). The zero-order chi connectivity index (χ0) is 30.1. The highest BCUT2D eigenvalue weighted by Gasteiger charge is 2.27. The average molecular weight is 581 g/mol. The van der Waals surface area contributed by atoms with Crippen LogP contribution in [0.2, 0.25) is 0 Å². The molecule has 0 saturated carbocycles. The Morgan fingerprint density at radius 3 is 1.69 bits per heavy atom. The monoisotopic (exact) mass is 580 g/mol. The normalized spacial score (nSPS) is 13.5. The highest BCUT2D eigenvalue weighted by molar-refractivity contribution is 7.80. The van der Waals surface area contributed by atoms with Crippen LogP contribution in [0.4, 0.5) is 4.79 Å². The van der Waals surface area contributed by atoms with Gasteiger partial charge < -0.3 is 52.7 Å². The molecular formula is C20H32N6O12S. The average Bonchev–Trinajstić information content (AvgIpc) is 2.84. The van der Waals surface area contributed by atoms with Crippen LogP contribution < -0.4 is 32.3 Å². The fourth-order valence-corrected chi connectivity index (χ4v) is 2.90. The topological polar surface area (TPSA) is 304 Å². The second-order valence-corrected chi connectivity index (χ2v) is 8.40. The van der Waals surface area contributed by atoms with E-state index in [1.54, 1.807) is 0 Å². The number of aliphatic carboxylic acids is 4. The van der Waals surface area contributed by atoms with Gasteiger partial charge in [-0.3, -0.25) is 24.0 Å². The Bertz CT molecular complexity index is 933. The largest absolute Gasteiger partial charge is 0.481 e. The maximum atomic E-state index is 12.2. The summed E-state index contributed by atoms with van der Waals surface area (Å²) < 4.78 is 0. The molecule has 0 aliphatic rings. The van der Waals surface area contributed by atoms with Gasteiger partial charge in [0.05, 0.1) is 6.42 Å². The van der Waals surface area contributed by atoms with Crippen molar-refractivity contribution in [3.05, 3.63) is 0 Å². The van der Waals surface area contributed by atoms with E-state index in [0.29, 0.717) is 0 Å². The lowest BCUT2D eigenvalue weighted by Crippen LogP contribution is -2.55. The van der Waals surface area contributed by atoms with E-state index in [0.717, 1.165) is 0 Å². The molecule has 18 nitrogen and oxygen atoms in total.